The van der Waals surface area contributed by atoms with Crippen molar-refractivity contribution < 1.29 is 14.3 Å². The van der Waals surface area contributed by atoms with Gasteiger partial charge in [0, 0.05) is 5.02 Å². The van der Waals surface area contributed by atoms with E-state index in [9.17, 15) is 9.59 Å². The molecule has 2 rings (SSSR count). The van der Waals surface area contributed by atoms with E-state index in [1.54, 1.807) is 24.3 Å². The number of carbonyl (C=O) groups excluding carboxylic acids is 2. The molecule has 0 aliphatic heterocycles. The first-order valence-corrected chi connectivity index (χ1v) is 8.42. The Kier molecular flexibility index (Phi) is 6.83. The molecule has 0 radical (unpaired) electrons. The third kappa shape index (κ3) is 6.12. The largest absolute Gasteiger partial charge is 0.481 e. The zero-order chi connectivity index (χ0) is 18.2. The molecule has 0 spiro atoms. The molecule has 132 valence electrons. The van der Waals surface area contributed by atoms with Crippen LogP contribution in [0.2, 0.25) is 5.02 Å². The van der Waals surface area contributed by atoms with Gasteiger partial charge in [-0.1, -0.05) is 48.4 Å². The normalized spacial score (nSPS) is 11.5. The second kappa shape index (κ2) is 9.08. The second-order valence-electron chi connectivity index (χ2n) is 5.67. The molecular weight excluding hydrogens is 340 g/mol. The van der Waals surface area contributed by atoms with Gasteiger partial charge in [0.05, 0.1) is 6.42 Å². The Morgan fingerprint density at radius 2 is 1.68 bits per heavy atom. The van der Waals surface area contributed by atoms with Crippen molar-refractivity contribution in [2.45, 2.75) is 32.8 Å². The number of rotatable bonds is 6. The van der Waals surface area contributed by atoms with E-state index in [4.69, 9.17) is 16.3 Å². The Labute approximate surface area is 152 Å². The lowest BCUT2D eigenvalue weighted by atomic mass is 10.1. The second-order valence-corrected chi connectivity index (χ2v) is 6.10. The molecule has 0 saturated heterocycles. The molecule has 6 heteroatoms. The highest BCUT2D eigenvalue weighted by Crippen LogP contribution is 2.14. The molecule has 1 atom stereocenters. The Balaban J connectivity index is 1.83. The molecule has 2 aromatic carbocycles. The Morgan fingerprint density at radius 1 is 1.04 bits per heavy atom. The minimum absolute atomic E-state index is 0.146. The number of hydrogen-bond donors (Lipinski definition) is 2. The van der Waals surface area contributed by atoms with Crippen molar-refractivity contribution in [2.75, 3.05) is 0 Å². The van der Waals surface area contributed by atoms with Crippen LogP contribution in [0.3, 0.4) is 0 Å². The van der Waals surface area contributed by atoms with Crippen molar-refractivity contribution in [2.24, 2.45) is 0 Å². The van der Waals surface area contributed by atoms with E-state index in [1.807, 2.05) is 38.1 Å². The van der Waals surface area contributed by atoms with Crippen LogP contribution < -0.4 is 15.6 Å². The minimum Gasteiger partial charge on any atom is -0.481 e. The van der Waals surface area contributed by atoms with E-state index in [2.05, 4.69) is 10.9 Å². The van der Waals surface area contributed by atoms with Crippen molar-refractivity contribution in [3.05, 3.63) is 64.7 Å². The number of halogens is 1. The molecule has 0 aromatic heterocycles. The molecule has 0 bridgehead atoms. The highest BCUT2D eigenvalue weighted by molar-refractivity contribution is 6.30. The van der Waals surface area contributed by atoms with Gasteiger partial charge in [-0.2, -0.15) is 0 Å². The van der Waals surface area contributed by atoms with E-state index < -0.39 is 12.0 Å². The maximum absolute atomic E-state index is 12.2. The average Bonchev–Trinajstić information content (AvgIpc) is 2.61. The lowest BCUT2D eigenvalue weighted by Crippen LogP contribution is -2.48. The van der Waals surface area contributed by atoms with E-state index in [1.165, 1.54) is 0 Å². The van der Waals surface area contributed by atoms with Crippen LogP contribution in [0.1, 0.15) is 24.5 Å². The van der Waals surface area contributed by atoms with Crippen molar-refractivity contribution in [3.63, 3.8) is 0 Å². The summed E-state index contributed by atoms with van der Waals surface area (Å²) >= 11 is 5.81. The third-order valence-electron chi connectivity index (χ3n) is 3.57. The van der Waals surface area contributed by atoms with Crippen LogP contribution in [0.5, 0.6) is 5.75 Å². The average molecular weight is 361 g/mol. The van der Waals surface area contributed by atoms with Gasteiger partial charge >= 0.3 is 0 Å². The summed E-state index contributed by atoms with van der Waals surface area (Å²) in [5.41, 5.74) is 6.73. The van der Waals surface area contributed by atoms with Gasteiger partial charge in [-0.25, -0.2) is 0 Å². The molecule has 0 saturated carbocycles. The first-order valence-electron chi connectivity index (χ1n) is 8.04. The maximum atomic E-state index is 12.2. The molecule has 2 amide bonds. The molecule has 0 unspecified atom stereocenters. The van der Waals surface area contributed by atoms with Gasteiger partial charge in [-0.05, 0) is 43.2 Å². The molecule has 0 aliphatic carbocycles. The fourth-order valence-corrected chi connectivity index (χ4v) is 2.27. The summed E-state index contributed by atoms with van der Waals surface area (Å²) < 4.78 is 5.67. The van der Waals surface area contributed by atoms with Crippen molar-refractivity contribution in [1.82, 2.24) is 10.9 Å². The van der Waals surface area contributed by atoms with Crippen LogP contribution in [0.15, 0.2) is 48.5 Å². The quantitative estimate of drug-likeness (QED) is 0.777. The highest BCUT2D eigenvalue weighted by Gasteiger charge is 2.19. The summed E-state index contributed by atoms with van der Waals surface area (Å²) in [5.74, 6) is -0.103. The predicted octanol–water partition coefficient (Wildman–Crippen LogP) is 3.20. The summed E-state index contributed by atoms with van der Waals surface area (Å²) in [4.78, 5) is 24.1. The van der Waals surface area contributed by atoms with Crippen LogP contribution in [-0.4, -0.2) is 17.9 Å². The molecule has 5 nitrogen and oxygen atoms in total. The van der Waals surface area contributed by atoms with Crippen LogP contribution >= 0.6 is 11.6 Å². The smallest absolute Gasteiger partial charge is 0.279 e. The minimum atomic E-state index is -0.682. The number of carbonyl (C=O) groups is 2. The first-order chi connectivity index (χ1) is 12.0. The van der Waals surface area contributed by atoms with E-state index in [0.29, 0.717) is 17.2 Å². The van der Waals surface area contributed by atoms with Gasteiger partial charge in [0.2, 0.25) is 5.91 Å². The Morgan fingerprint density at radius 3 is 2.28 bits per heavy atom. The van der Waals surface area contributed by atoms with Gasteiger partial charge in [0.25, 0.3) is 5.91 Å². The van der Waals surface area contributed by atoms with Crippen LogP contribution in [0.25, 0.3) is 0 Å². The number of aryl methyl sites for hydroxylation is 1. The number of benzene rings is 2. The SMILES string of the molecule is CC[C@H](Oc1ccc(C)cc1)C(=O)NNC(=O)Cc1ccc(Cl)cc1. The van der Waals surface area contributed by atoms with Gasteiger partial charge < -0.3 is 4.74 Å². The van der Waals surface area contributed by atoms with Crippen LogP contribution in [-0.2, 0) is 16.0 Å². The van der Waals surface area contributed by atoms with E-state index in [0.717, 1.165) is 11.1 Å². The number of hydrogen-bond acceptors (Lipinski definition) is 3. The van der Waals surface area contributed by atoms with Crippen molar-refractivity contribution in [1.29, 1.82) is 0 Å². The maximum Gasteiger partial charge on any atom is 0.279 e. The number of amides is 2. The molecular formula is C19H21ClN2O3. The topological polar surface area (TPSA) is 67.4 Å². The number of ether oxygens (including phenoxy) is 1. The molecule has 2 N–H and O–H groups in total. The molecule has 0 fully saturated rings. The summed E-state index contributed by atoms with van der Waals surface area (Å²) in [6.45, 7) is 3.82. The summed E-state index contributed by atoms with van der Waals surface area (Å²) in [6, 6.07) is 14.4. The Bertz CT molecular complexity index is 714. The fourth-order valence-electron chi connectivity index (χ4n) is 2.15. The van der Waals surface area contributed by atoms with Gasteiger partial charge in [-0.3, -0.25) is 20.4 Å². The monoisotopic (exact) mass is 360 g/mol. The van der Waals surface area contributed by atoms with Crippen molar-refractivity contribution in [3.8, 4) is 5.75 Å². The third-order valence-corrected chi connectivity index (χ3v) is 3.82. The van der Waals surface area contributed by atoms with E-state index in [-0.39, 0.29) is 12.3 Å². The molecule has 0 aliphatic rings. The molecule has 25 heavy (non-hydrogen) atoms. The standard InChI is InChI=1S/C19H21ClN2O3/c1-3-17(25-16-10-4-13(2)5-11-16)19(24)22-21-18(23)12-14-6-8-15(20)9-7-14/h4-11,17H,3,12H2,1-2H3,(H,21,23)(H,22,24)/t17-/m0/s1. The predicted molar refractivity (Wildman–Crippen MR) is 97.3 cm³/mol. The Hall–Kier alpha value is -2.53. The summed E-state index contributed by atoms with van der Waals surface area (Å²) in [5, 5.41) is 0.608. The van der Waals surface area contributed by atoms with Crippen molar-refractivity contribution >= 4 is 23.4 Å². The first kappa shape index (κ1) is 18.8. The number of nitrogens with one attached hydrogen (secondary N) is 2. The molecule has 2 aromatic rings. The van der Waals surface area contributed by atoms with Crippen LogP contribution in [0, 0.1) is 6.92 Å². The number of hydrazine groups is 1. The van der Waals surface area contributed by atoms with Gasteiger partial charge in [0.1, 0.15) is 5.75 Å². The lowest BCUT2D eigenvalue weighted by molar-refractivity contribution is -0.133. The van der Waals surface area contributed by atoms with E-state index >= 15 is 0 Å². The fraction of sp³-hybridized carbons (Fsp3) is 0.263. The zero-order valence-electron chi connectivity index (χ0n) is 14.2. The zero-order valence-corrected chi connectivity index (χ0v) is 15.0. The van der Waals surface area contributed by atoms with Gasteiger partial charge in [-0.15, -0.1) is 0 Å². The summed E-state index contributed by atoms with van der Waals surface area (Å²) in [6.07, 6.45) is -0.0571. The highest BCUT2D eigenvalue weighted by atomic mass is 35.5. The lowest BCUT2D eigenvalue weighted by Gasteiger charge is -2.17. The molecule has 0 heterocycles. The summed E-state index contributed by atoms with van der Waals surface area (Å²) in [7, 11) is 0. The van der Waals surface area contributed by atoms with Gasteiger partial charge in [0.15, 0.2) is 6.10 Å². The van der Waals surface area contributed by atoms with Crippen LogP contribution in [0.4, 0.5) is 0 Å².